The summed E-state index contributed by atoms with van der Waals surface area (Å²) in [5, 5.41) is 5.78. The molecule has 0 saturated carbocycles. The number of rotatable bonds is 7. The van der Waals surface area contributed by atoms with Crippen LogP contribution in [0.25, 0.3) is 0 Å². The predicted molar refractivity (Wildman–Crippen MR) is 105 cm³/mol. The smallest absolute Gasteiger partial charge is 0.303 e. The molecular weight excluding hydrogens is 377 g/mol. The van der Waals surface area contributed by atoms with Crippen molar-refractivity contribution in [1.29, 1.82) is 0 Å². The summed E-state index contributed by atoms with van der Waals surface area (Å²) in [5.74, 6) is -0.730. The monoisotopic (exact) mass is 403 g/mol. The third-order valence-electron chi connectivity index (χ3n) is 5.33. The Labute approximate surface area is 169 Å². The minimum absolute atomic E-state index is 0.0297. The highest BCUT2D eigenvalue weighted by atomic mass is 19.1. The van der Waals surface area contributed by atoms with Crippen molar-refractivity contribution in [1.82, 2.24) is 9.91 Å². The highest BCUT2D eigenvalue weighted by molar-refractivity contribution is 5.98. The summed E-state index contributed by atoms with van der Waals surface area (Å²) >= 11 is 0. The van der Waals surface area contributed by atoms with E-state index < -0.39 is 0 Å². The van der Waals surface area contributed by atoms with Gasteiger partial charge in [0.25, 0.3) is 0 Å². The lowest BCUT2D eigenvalue weighted by molar-refractivity contribution is -0.139. The van der Waals surface area contributed by atoms with E-state index in [2.05, 4.69) is 10.0 Å². The van der Waals surface area contributed by atoms with E-state index in [1.165, 1.54) is 36.2 Å². The molecule has 0 spiro atoms. The maximum atomic E-state index is 13.0. The minimum atomic E-state index is -0.366. The summed E-state index contributed by atoms with van der Waals surface area (Å²) in [7, 11) is 0. The first-order valence-corrected chi connectivity index (χ1v) is 9.94. The molecule has 0 aliphatic carbocycles. The van der Waals surface area contributed by atoms with Crippen molar-refractivity contribution < 1.29 is 23.5 Å². The third-order valence-corrected chi connectivity index (χ3v) is 5.33. The molecule has 1 fully saturated rings. The summed E-state index contributed by atoms with van der Waals surface area (Å²) < 4.78 is 18.0. The SMILES string of the molecule is CC(=O)OCC1=NN(CCN2CCC(C(=O)c3ccc(F)cc3)CC2)C(=O)CC1. The van der Waals surface area contributed by atoms with E-state index in [1.807, 2.05) is 0 Å². The van der Waals surface area contributed by atoms with E-state index in [4.69, 9.17) is 4.74 Å². The summed E-state index contributed by atoms with van der Waals surface area (Å²) in [5.41, 5.74) is 1.25. The molecule has 2 heterocycles. The standard InChI is InChI=1S/C21H26FN3O4/c1-15(26)29-14-19-6-7-20(27)25(23-19)13-12-24-10-8-17(9-11-24)21(28)16-2-4-18(22)5-3-16/h2-5,17H,6-14H2,1H3. The number of carbonyl (C=O) groups is 3. The molecule has 0 atom stereocenters. The van der Waals surface area contributed by atoms with Gasteiger partial charge in [-0.05, 0) is 56.6 Å². The Kier molecular flexibility index (Phi) is 7.09. The van der Waals surface area contributed by atoms with Crippen molar-refractivity contribution in [3.8, 4) is 0 Å². The molecule has 156 valence electrons. The average molecular weight is 403 g/mol. The molecule has 8 heteroatoms. The van der Waals surface area contributed by atoms with Crippen molar-refractivity contribution in [2.75, 3.05) is 32.8 Å². The molecule has 1 aromatic carbocycles. The number of esters is 1. The lowest BCUT2D eigenvalue weighted by atomic mass is 9.89. The molecule has 0 unspecified atom stereocenters. The Morgan fingerprint density at radius 3 is 2.48 bits per heavy atom. The zero-order valence-electron chi connectivity index (χ0n) is 16.6. The summed E-state index contributed by atoms with van der Waals surface area (Å²) in [4.78, 5) is 37.8. The molecule has 1 saturated heterocycles. The second-order valence-corrected chi connectivity index (χ2v) is 7.45. The second-order valence-electron chi connectivity index (χ2n) is 7.45. The van der Waals surface area contributed by atoms with E-state index in [-0.39, 0.29) is 36.0 Å². The second kappa shape index (κ2) is 9.73. The van der Waals surface area contributed by atoms with Gasteiger partial charge in [0, 0.05) is 31.4 Å². The fourth-order valence-electron chi connectivity index (χ4n) is 3.62. The maximum Gasteiger partial charge on any atom is 0.303 e. The molecule has 1 aromatic rings. The van der Waals surface area contributed by atoms with Crippen LogP contribution in [0.2, 0.25) is 0 Å². The largest absolute Gasteiger partial charge is 0.460 e. The van der Waals surface area contributed by atoms with Crippen molar-refractivity contribution in [3.05, 3.63) is 35.6 Å². The first-order chi connectivity index (χ1) is 13.9. The quantitative estimate of drug-likeness (QED) is 0.515. The van der Waals surface area contributed by atoms with Gasteiger partial charge in [0.15, 0.2) is 5.78 Å². The van der Waals surface area contributed by atoms with Gasteiger partial charge in [0.1, 0.15) is 12.4 Å². The molecule has 7 nitrogen and oxygen atoms in total. The lowest BCUT2D eigenvalue weighted by Gasteiger charge is -2.33. The van der Waals surface area contributed by atoms with E-state index in [0.29, 0.717) is 37.2 Å². The van der Waals surface area contributed by atoms with Crippen molar-refractivity contribution in [2.24, 2.45) is 11.0 Å². The topological polar surface area (TPSA) is 79.3 Å². The van der Waals surface area contributed by atoms with Crippen LogP contribution in [-0.4, -0.2) is 66.1 Å². The van der Waals surface area contributed by atoms with E-state index in [1.54, 1.807) is 0 Å². The zero-order valence-corrected chi connectivity index (χ0v) is 16.6. The zero-order chi connectivity index (χ0) is 20.8. The molecule has 3 rings (SSSR count). The number of ether oxygens (including phenoxy) is 1. The van der Waals surface area contributed by atoms with Gasteiger partial charge in [-0.25, -0.2) is 9.40 Å². The van der Waals surface area contributed by atoms with Gasteiger partial charge in [-0.2, -0.15) is 5.10 Å². The molecule has 1 amide bonds. The number of piperidine rings is 1. The highest BCUT2D eigenvalue weighted by Gasteiger charge is 2.27. The number of hydrazone groups is 1. The van der Waals surface area contributed by atoms with E-state index in [0.717, 1.165) is 25.9 Å². The van der Waals surface area contributed by atoms with Crippen LogP contribution in [0.3, 0.4) is 0 Å². The number of nitrogens with zero attached hydrogens (tertiary/aromatic N) is 3. The highest BCUT2D eigenvalue weighted by Crippen LogP contribution is 2.22. The molecule has 0 aromatic heterocycles. The number of likely N-dealkylation sites (tertiary alicyclic amines) is 1. The molecule has 2 aliphatic rings. The van der Waals surface area contributed by atoms with Gasteiger partial charge >= 0.3 is 5.97 Å². The van der Waals surface area contributed by atoms with Crippen LogP contribution in [-0.2, 0) is 14.3 Å². The fourth-order valence-corrected chi connectivity index (χ4v) is 3.62. The number of carbonyl (C=O) groups excluding carboxylic acids is 3. The van der Waals surface area contributed by atoms with Crippen LogP contribution < -0.4 is 0 Å². The van der Waals surface area contributed by atoms with Crippen LogP contribution in [0.5, 0.6) is 0 Å². The van der Waals surface area contributed by atoms with Crippen molar-refractivity contribution in [2.45, 2.75) is 32.6 Å². The van der Waals surface area contributed by atoms with Gasteiger partial charge in [0.05, 0.1) is 12.3 Å². The van der Waals surface area contributed by atoms with Crippen molar-refractivity contribution in [3.63, 3.8) is 0 Å². The number of benzene rings is 1. The van der Waals surface area contributed by atoms with Gasteiger partial charge in [-0.3, -0.25) is 14.4 Å². The van der Waals surface area contributed by atoms with E-state index in [9.17, 15) is 18.8 Å². The molecule has 0 bridgehead atoms. The molecular formula is C21H26FN3O4. The van der Waals surface area contributed by atoms with E-state index >= 15 is 0 Å². The molecule has 29 heavy (non-hydrogen) atoms. The Bertz CT molecular complexity index is 786. The predicted octanol–water partition coefficient (Wildman–Crippen LogP) is 2.26. The normalized spacial score (nSPS) is 18.5. The first kappa shape index (κ1) is 21.1. The van der Waals surface area contributed by atoms with Crippen molar-refractivity contribution >= 4 is 23.4 Å². The third kappa shape index (κ3) is 5.93. The first-order valence-electron chi connectivity index (χ1n) is 9.94. The summed E-state index contributed by atoms with van der Waals surface area (Å²) in [6.45, 7) is 4.15. The lowest BCUT2D eigenvalue weighted by Crippen LogP contribution is -2.42. The Hall–Kier alpha value is -2.61. The van der Waals surface area contributed by atoms with Crippen LogP contribution >= 0.6 is 0 Å². The van der Waals surface area contributed by atoms with Gasteiger partial charge in [-0.15, -0.1) is 0 Å². The number of amides is 1. The number of Topliss-reactive ketones (excluding diaryl/α,β-unsaturated/α-hetero) is 1. The molecule has 0 radical (unpaired) electrons. The number of halogens is 1. The summed E-state index contributed by atoms with van der Waals surface area (Å²) in [6, 6.07) is 5.71. The van der Waals surface area contributed by atoms with Crippen LogP contribution in [0.15, 0.2) is 29.4 Å². The Balaban J connectivity index is 1.46. The number of ketones is 1. The van der Waals surface area contributed by atoms with Crippen LogP contribution in [0, 0.1) is 11.7 Å². The van der Waals surface area contributed by atoms with Gasteiger partial charge in [-0.1, -0.05) is 0 Å². The Morgan fingerprint density at radius 1 is 1.14 bits per heavy atom. The van der Waals surface area contributed by atoms with Crippen LogP contribution in [0.1, 0.15) is 43.0 Å². The molecule has 2 aliphatic heterocycles. The molecule has 0 N–H and O–H groups in total. The fraction of sp³-hybridized carbons (Fsp3) is 0.524. The minimum Gasteiger partial charge on any atom is -0.460 e. The average Bonchev–Trinajstić information content (AvgIpc) is 2.72. The number of hydrogen-bond donors (Lipinski definition) is 0. The van der Waals surface area contributed by atoms with Crippen LogP contribution in [0.4, 0.5) is 4.39 Å². The maximum absolute atomic E-state index is 13.0. The summed E-state index contributed by atoms with van der Waals surface area (Å²) in [6.07, 6.45) is 2.37. The van der Waals surface area contributed by atoms with Gasteiger partial charge in [0.2, 0.25) is 5.91 Å². The number of hydrogen-bond acceptors (Lipinski definition) is 6. The van der Waals surface area contributed by atoms with Gasteiger partial charge < -0.3 is 9.64 Å². The Morgan fingerprint density at radius 2 is 1.83 bits per heavy atom.